The molecule has 1 aromatic heterocycles. The number of aliphatic hydroxyl groups excluding tert-OH is 1. The topological polar surface area (TPSA) is 71.3 Å². The Balaban J connectivity index is 2.13. The smallest absolute Gasteiger partial charge is 0.268 e. The number of nitrogens with one attached hydrogen (secondary N) is 1. The Morgan fingerprint density at radius 2 is 2.15 bits per heavy atom. The second kappa shape index (κ2) is 5.79. The van der Waals surface area contributed by atoms with Gasteiger partial charge in [0.2, 0.25) is 0 Å². The lowest BCUT2D eigenvalue weighted by Gasteiger charge is -2.37. The number of aryl methyl sites for hydroxylation is 1. The van der Waals surface area contributed by atoms with Crippen LogP contribution in [0.5, 0.6) is 0 Å². The molecule has 1 aliphatic rings. The van der Waals surface area contributed by atoms with Crippen molar-refractivity contribution in [1.29, 1.82) is 0 Å². The van der Waals surface area contributed by atoms with Gasteiger partial charge in [-0.1, -0.05) is 6.92 Å². The first-order valence-corrected chi connectivity index (χ1v) is 7.09. The van der Waals surface area contributed by atoms with Crippen LogP contribution in [-0.4, -0.2) is 27.7 Å². The predicted octanol–water partition coefficient (Wildman–Crippen LogP) is 0.973. The zero-order valence-electron chi connectivity index (χ0n) is 12.2. The molecule has 20 heavy (non-hydrogen) atoms. The molecular weight excluding hydrogens is 256 g/mol. The molecular formula is C15H22N2O3. The number of carbonyl (C=O) groups excluding carboxylic acids is 1. The lowest BCUT2D eigenvalue weighted by Crippen LogP contribution is -2.47. The molecule has 2 rings (SSSR count). The monoisotopic (exact) mass is 278 g/mol. The lowest BCUT2D eigenvalue weighted by atomic mass is 9.76. The lowest BCUT2D eigenvalue weighted by molar-refractivity contribution is 0.0231. The number of pyridine rings is 1. The van der Waals surface area contributed by atoms with E-state index in [-0.39, 0.29) is 23.5 Å². The molecule has 1 saturated carbocycles. The van der Waals surface area contributed by atoms with Gasteiger partial charge in [0, 0.05) is 30.9 Å². The van der Waals surface area contributed by atoms with Crippen LogP contribution in [0, 0.1) is 12.8 Å². The molecule has 5 nitrogen and oxygen atoms in total. The van der Waals surface area contributed by atoms with Crippen LogP contribution in [-0.2, 0) is 7.05 Å². The zero-order chi connectivity index (χ0) is 14.9. The molecule has 1 aromatic rings. The standard InChI is InChI=1S/C15H22N2O3/c1-4-13(10-6-12(19)7-10)16-15(20)14-8-11(18)5-9(2)17(14)3/h5,8,10,12-13,19H,4,6-7H2,1-3H3,(H,16,20)/t10?,12?,13-/m1/s1. The molecule has 1 aliphatic carbocycles. The van der Waals surface area contributed by atoms with Crippen LogP contribution in [0.3, 0.4) is 0 Å². The van der Waals surface area contributed by atoms with E-state index in [1.54, 1.807) is 18.5 Å². The molecule has 0 bridgehead atoms. The summed E-state index contributed by atoms with van der Waals surface area (Å²) in [5.74, 6) is 0.113. The fourth-order valence-electron chi connectivity index (χ4n) is 2.74. The highest BCUT2D eigenvalue weighted by atomic mass is 16.3. The SMILES string of the molecule is CC[C@@H](NC(=O)c1cc(=O)cc(C)n1C)C1CC(O)C1. The van der Waals surface area contributed by atoms with Crippen LogP contribution in [0.25, 0.3) is 0 Å². The summed E-state index contributed by atoms with van der Waals surface area (Å²) in [4.78, 5) is 23.9. The second-order valence-electron chi connectivity index (χ2n) is 5.65. The molecule has 1 heterocycles. The van der Waals surface area contributed by atoms with Crippen molar-refractivity contribution in [2.24, 2.45) is 13.0 Å². The van der Waals surface area contributed by atoms with Gasteiger partial charge in [0.1, 0.15) is 5.69 Å². The Kier molecular flexibility index (Phi) is 4.28. The largest absolute Gasteiger partial charge is 0.393 e. The van der Waals surface area contributed by atoms with E-state index in [9.17, 15) is 14.7 Å². The minimum absolute atomic E-state index is 0.0570. The van der Waals surface area contributed by atoms with Gasteiger partial charge in [0.25, 0.3) is 5.91 Å². The van der Waals surface area contributed by atoms with Crippen molar-refractivity contribution in [2.45, 2.75) is 45.3 Å². The minimum Gasteiger partial charge on any atom is -0.393 e. The molecule has 0 saturated heterocycles. The maximum absolute atomic E-state index is 12.3. The van der Waals surface area contributed by atoms with E-state index in [2.05, 4.69) is 5.32 Å². The Morgan fingerprint density at radius 1 is 1.50 bits per heavy atom. The fourth-order valence-corrected chi connectivity index (χ4v) is 2.74. The predicted molar refractivity (Wildman–Crippen MR) is 76.7 cm³/mol. The molecule has 110 valence electrons. The quantitative estimate of drug-likeness (QED) is 0.862. The summed E-state index contributed by atoms with van der Waals surface area (Å²) < 4.78 is 1.72. The molecule has 2 N–H and O–H groups in total. The first-order valence-electron chi connectivity index (χ1n) is 7.09. The highest BCUT2D eigenvalue weighted by Crippen LogP contribution is 2.31. The summed E-state index contributed by atoms with van der Waals surface area (Å²) in [7, 11) is 1.78. The fraction of sp³-hybridized carbons (Fsp3) is 0.600. The number of hydrogen-bond donors (Lipinski definition) is 2. The van der Waals surface area contributed by atoms with E-state index in [0.717, 1.165) is 25.0 Å². The van der Waals surface area contributed by atoms with Crippen molar-refractivity contribution in [3.05, 3.63) is 33.7 Å². The maximum atomic E-state index is 12.3. The van der Waals surface area contributed by atoms with Crippen LogP contribution < -0.4 is 10.7 Å². The molecule has 5 heteroatoms. The maximum Gasteiger partial charge on any atom is 0.268 e. The number of carbonyl (C=O) groups is 1. The van der Waals surface area contributed by atoms with Crippen molar-refractivity contribution in [3.63, 3.8) is 0 Å². The van der Waals surface area contributed by atoms with Gasteiger partial charge in [0.15, 0.2) is 5.43 Å². The van der Waals surface area contributed by atoms with Crippen LogP contribution in [0.2, 0.25) is 0 Å². The molecule has 1 atom stereocenters. The van der Waals surface area contributed by atoms with E-state index >= 15 is 0 Å². The van der Waals surface area contributed by atoms with Crippen LogP contribution in [0.1, 0.15) is 42.4 Å². The van der Waals surface area contributed by atoms with Gasteiger partial charge in [-0.25, -0.2) is 0 Å². The molecule has 0 aromatic carbocycles. The van der Waals surface area contributed by atoms with Crippen LogP contribution >= 0.6 is 0 Å². The van der Waals surface area contributed by atoms with Crippen molar-refractivity contribution < 1.29 is 9.90 Å². The number of rotatable bonds is 4. The first-order chi connectivity index (χ1) is 9.42. The normalized spacial score (nSPS) is 23.0. The van der Waals surface area contributed by atoms with E-state index < -0.39 is 0 Å². The third-order valence-corrected chi connectivity index (χ3v) is 4.23. The molecule has 0 radical (unpaired) electrons. The highest BCUT2D eigenvalue weighted by molar-refractivity contribution is 5.92. The van der Waals surface area contributed by atoms with Crippen molar-refractivity contribution >= 4 is 5.91 Å². The number of hydrogen-bond acceptors (Lipinski definition) is 3. The average molecular weight is 278 g/mol. The Hall–Kier alpha value is -1.62. The van der Waals surface area contributed by atoms with Crippen molar-refractivity contribution in [1.82, 2.24) is 9.88 Å². The number of nitrogens with zero attached hydrogens (tertiary/aromatic N) is 1. The summed E-state index contributed by atoms with van der Waals surface area (Å²) in [5.41, 5.74) is 0.987. The van der Waals surface area contributed by atoms with Gasteiger partial charge in [-0.3, -0.25) is 9.59 Å². The zero-order valence-corrected chi connectivity index (χ0v) is 12.2. The van der Waals surface area contributed by atoms with Gasteiger partial charge in [-0.2, -0.15) is 0 Å². The van der Waals surface area contributed by atoms with Crippen LogP contribution in [0.15, 0.2) is 16.9 Å². The van der Waals surface area contributed by atoms with Gasteiger partial charge >= 0.3 is 0 Å². The highest BCUT2D eigenvalue weighted by Gasteiger charge is 2.34. The molecule has 0 unspecified atom stereocenters. The van der Waals surface area contributed by atoms with Crippen LogP contribution in [0.4, 0.5) is 0 Å². The summed E-state index contributed by atoms with van der Waals surface area (Å²) in [6.45, 7) is 3.82. The van der Waals surface area contributed by atoms with Crippen molar-refractivity contribution in [2.75, 3.05) is 0 Å². The summed E-state index contributed by atoms with van der Waals surface area (Å²) >= 11 is 0. The number of aromatic nitrogens is 1. The Bertz CT molecular complexity index is 559. The third-order valence-electron chi connectivity index (χ3n) is 4.23. The Morgan fingerprint density at radius 3 is 2.70 bits per heavy atom. The molecule has 0 aliphatic heterocycles. The van der Waals surface area contributed by atoms with Crippen molar-refractivity contribution in [3.8, 4) is 0 Å². The third kappa shape index (κ3) is 2.93. The first kappa shape index (κ1) is 14.8. The summed E-state index contributed by atoms with van der Waals surface area (Å²) in [6.07, 6.45) is 2.08. The van der Waals surface area contributed by atoms with E-state index in [1.165, 1.54) is 12.1 Å². The summed E-state index contributed by atoms with van der Waals surface area (Å²) in [5, 5.41) is 12.4. The molecule has 0 spiro atoms. The molecule has 1 fully saturated rings. The van der Waals surface area contributed by atoms with Gasteiger partial charge in [-0.15, -0.1) is 0 Å². The minimum atomic E-state index is -0.228. The van der Waals surface area contributed by atoms with E-state index in [1.807, 2.05) is 6.92 Å². The van der Waals surface area contributed by atoms with Gasteiger partial charge in [-0.05, 0) is 32.1 Å². The second-order valence-corrected chi connectivity index (χ2v) is 5.65. The van der Waals surface area contributed by atoms with Gasteiger partial charge < -0.3 is 15.0 Å². The van der Waals surface area contributed by atoms with Gasteiger partial charge in [0.05, 0.1) is 6.10 Å². The summed E-state index contributed by atoms with van der Waals surface area (Å²) in [6, 6.07) is 2.93. The molecule has 1 amide bonds. The van der Waals surface area contributed by atoms with E-state index in [4.69, 9.17) is 0 Å². The van der Waals surface area contributed by atoms with E-state index in [0.29, 0.717) is 11.6 Å². The number of amides is 1. The Labute approximate surface area is 118 Å². The number of aliphatic hydroxyl groups is 1. The average Bonchev–Trinajstić information content (AvgIpc) is 2.36.